The van der Waals surface area contributed by atoms with Crippen molar-refractivity contribution in [2.24, 2.45) is 5.41 Å². The van der Waals surface area contributed by atoms with Crippen molar-refractivity contribution in [3.05, 3.63) is 30.1 Å². The fourth-order valence-electron chi connectivity index (χ4n) is 4.68. The molecule has 130 valence electrons. The summed E-state index contributed by atoms with van der Waals surface area (Å²) in [4.78, 5) is 9.47. The van der Waals surface area contributed by atoms with Gasteiger partial charge >= 0.3 is 0 Å². The third-order valence-corrected chi connectivity index (χ3v) is 5.98. The molecule has 0 amide bonds. The van der Waals surface area contributed by atoms with Crippen molar-refractivity contribution in [3.63, 3.8) is 0 Å². The number of rotatable bonds is 2. The molecule has 1 aliphatic heterocycles. The molecule has 1 atom stereocenters. The Balaban J connectivity index is 1.50. The number of anilines is 1. The van der Waals surface area contributed by atoms with E-state index in [0.717, 1.165) is 41.4 Å². The fraction of sp³-hybridized carbons (Fsp3) is 0.526. The first-order chi connectivity index (χ1) is 12.2. The van der Waals surface area contributed by atoms with E-state index in [1.165, 1.54) is 32.1 Å². The zero-order valence-corrected chi connectivity index (χ0v) is 14.6. The molecular formula is C19H24N6. The molecule has 6 nitrogen and oxygen atoms in total. The summed E-state index contributed by atoms with van der Waals surface area (Å²) in [5.41, 5.74) is 2.39. The van der Waals surface area contributed by atoms with E-state index in [4.69, 9.17) is 4.98 Å². The van der Waals surface area contributed by atoms with Gasteiger partial charge in [0.25, 0.3) is 0 Å². The smallest absolute Gasteiger partial charge is 0.226 e. The fourth-order valence-corrected chi connectivity index (χ4v) is 4.68. The monoisotopic (exact) mass is 336 g/mol. The average Bonchev–Trinajstić information content (AvgIpc) is 3.20. The Morgan fingerprint density at radius 1 is 1.16 bits per heavy atom. The molecule has 0 bridgehead atoms. The van der Waals surface area contributed by atoms with Gasteiger partial charge in [-0.05, 0) is 69.7 Å². The lowest BCUT2D eigenvalue weighted by atomic mass is 9.77. The summed E-state index contributed by atoms with van der Waals surface area (Å²) in [6.45, 7) is 4.26. The van der Waals surface area contributed by atoms with Crippen molar-refractivity contribution in [2.45, 2.75) is 45.1 Å². The van der Waals surface area contributed by atoms with Gasteiger partial charge in [0.05, 0.1) is 5.52 Å². The standard InChI is InChI=1S/C19H24N6/c1-13-21-17-15-4-2-3-5-16(15)23-18(25(17)24-13)22-14-6-7-19(12-14)8-10-20-11-9-19/h2-5,14,20H,6-12H2,1H3,(H,22,23). The van der Waals surface area contributed by atoms with E-state index in [1.807, 2.05) is 29.6 Å². The zero-order chi connectivity index (χ0) is 16.9. The van der Waals surface area contributed by atoms with Crippen LogP contribution in [-0.2, 0) is 0 Å². The highest BCUT2D eigenvalue weighted by Gasteiger charge is 2.40. The van der Waals surface area contributed by atoms with E-state index < -0.39 is 0 Å². The van der Waals surface area contributed by atoms with Crippen molar-refractivity contribution in [2.75, 3.05) is 18.4 Å². The molecule has 1 unspecified atom stereocenters. The highest BCUT2D eigenvalue weighted by Crippen LogP contribution is 2.45. The third-order valence-electron chi connectivity index (χ3n) is 5.98. The lowest BCUT2D eigenvalue weighted by molar-refractivity contribution is 0.208. The molecule has 0 radical (unpaired) electrons. The first kappa shape index (κ1) is 15.1. The Labute approximate surface area is 147 Å². The number of aromatic nitrogens is 4. The number of benzene rings is 1. The van der Waals surface area contributed by atoms with Gasteiger partial charge in [0.15, 0.2) is 5.65 Å². The maximum atomic E-state index is 4.85. The van der Waals surface area contributed by atoms with Crippen molar-refractivity contribution >= 4 is 22.5 Å². The predicted molar refractivity (Wildman–Crippen MR) is 98.8 cm³/mol. The van der Waals surface area contributed by atoms with Crippen molar-refractivity contribution in [1.82, 2.24) is 24.9 Å². The summed E-state index contributed by atoms with van der Waals surface area (Å²) in [7, 11) is 0. The number of nitrogens with one attached hydrogen (secondary N) is 2. The second kappa shape index (κ2) is 5.66. The summed E-state index contributed by atoms with van der Waals surface area (Å²) in [5.74, 6) is 1.60. The van der Waals surface area contributed by atoms with E-state index in [9.17, 15) is 0 Å². The average molecular weight is 336 g/mol. The second-order valence-corrected chi connectivity index (χ2v) is 7.68. The highest BCUT2D eigenvalue weighted by molar-refractivity contribution is 5.92. The van der Waals surface area contributed by atoms with Gasteiger partial charge in [-0.15, -0.1) is 5.10 Å². The number of piperidine rings is 1. The minimum Gasteiger partial charge on any atom is -0.351 e. The van der Waals surface area contributed by atoms with Gasteiger partial charge in [0.1, 0.15) is 5.82 Å². The molecule has 1 saturated heterocycles. The molecule has 25 heavy (non-hydrogen) atoms. The van der Waals surface area contributed by atoms with Gasteiger partial charge in [0.2, 0.25) is 5.95 Å². The Kier molecular flexibility index (Phi) is 3.41. The van der Waals surface area contributed by atoms with E-state index in [-0.39, 0.29) is 0 Å². The minimum atomic E-state index is 0.472. The van der Waals surface area contributed by atoms with Crippen LogP contribution in [0.25, 0.3) is 16.6 Å². The lowest BCUT2D eigenvalue weighted by Gasteiger charge is -2.34. The second-order valence-electron chi connectivity index (χ2n) is 7.68. The van der Waals surface area contributed by atoms with E-state index in [2.05, 4.69) is 26.8 Å². The Hall–Kier alpha value is -2.21. The summed E-state index contributed by atoms with van der Waals surface area (Å²) in [6.07, 6.45) is 6.36. The molecule has 1 aromatic carbocycles. The maximum Gasteiger partial charge on any atom is 0.226 e. The topological polar surface area (TPSA) is 67.1 Å². The number of hydrogen-bond donors (Lipinski definition) is 2. The molecule has 5 rings (SSSR count). The molecule has 3 aromatic rings. The van der Waals surface area contributed by atoms with E-state index in [1.54, 1.807) is 0 Å². The molecule has 1 spiro atoms. The predicted octanol–water partition coefficient (Wildman–Crippen LogP) is 2.92. The molecule has 3 heterocycles. The van der Waals surface area contributed by atoms with Crippen molar-refractivity contribution in [3.8, 4) is 0 Å². The highest BCUT2D eigenvalue weighted by atomic mass is 15.4. The van der Waals surface area contributed by atoms with Crippen LogP contribution in [0.3, 0.4) is 0 Å². The van der Waals surface area contributed by atoms with Gasteiger partial charge in [-0.25, -0.2) is 9.97 Å². The molecule has 6 heteroatoms. The quantitative estimate of drug-likeness (QED) is 0.753. The van der Waals surface area contributed by atoms with E-state index >= 15 is 0 Å². The number of aryl methyl sites for hydroxylation is 1. The van der Waals surface area contributed by atoms with Crippen LogP contribution in [-0.4, -0.2) is 38.7 Å². The van der Waals surface area contributed by atoms with Gasteiger partial charge < -0.3 is 10.6 Å². The third kappa shape index (κ3) is 2.56. The number of nitrogens with zero attached hydrogens (tertiary/aromatic N) is 4. The van der Waals surface area contributed by atoms with Crippen molar-refractivity contribution in [1.29, 1.82) is 0 Å². The van der Waals surface area contributed by atoms with Crippen LogP contribution in [0.1, 0.15) is 37.9 Å². The van der Waals surface area contributed by atoms with Crippen LogP contribution in [0.5, 0.6) is 0 Å². The molecule has 1 aliphatic carbocycles. The normalized spacial score (nSPS) is 22.8. The van der Waals surface area contributed by atoms with Gasteiger partial charge in [-0.1, -0.05) is 12.1 Å². The first-order valence-corrected chi connectivity index (χ1v) is 9.32. The molecule has 2 aliphatic rings. The number of fused-ring (bicyclic) bond motifs is 3. The summed E-state index contributed by atoms with van der Waals surface area (Å²) >= 11 is 0. The molecule has 2 fully saturated rings. The van der Waals surface area contributed by atoms with Gasteiger partial charge in [-0.2, -0.15) is 4.52 Å². The van der Waals surface area contributed by atoms with Gasteiger partial charge in [0, 0.05) is 11.4 Å². The molecule has 2 N–H and O–H groups in total. The minimum absolute atomic E-state index is 0.472. The lowest BCUT2D eigenvalue weighted by Crippen LogP contribution is -2.35. The molecule has 2 aromatic heterocycles. The summed E-state index contributed by atoms with van der Waals surface area (Å²) < 4.78 is 1.88. The molecule has 1 saturated carbocycles. The van der Waals surface area contributed by atoms with Gasteiger partial charge in [-0.3, -0.25) is 0 Å². The van der Waals surface area contributed by atoms with Crippen molar-refractivity contribution < 1.29 is 0 Å². The largest absolute Gasteiger partial charge is 0.351 e. The first-order valence-electron chi connectivity index (χ1n) is 9.32. The number of hydrogen-bond acceptors (Lipinski definition) is 5. The van der Waals surface area contributed by atoms with Crippen LogP contribution in [0, 0.1) is 12.3 Å². The Morgan fingerprint density at radius 3 is 2.88 bits per heavy atom. The summed E-state index contributed by atoms with van der Waals surface area (Å²) in [5, 5.41) is 12.8. The van der Waals surface area contributed by atoms with Crippen LogP contribution in [0.2, 0.25) is 0 Å². The summed E-state index contributed by atoms with van der Waals surface area (Å²) in [6, 6.07) is 8.64. The molecular weight excluding hydrogens is 312 g/mol. The van der Waals surface area contributed by atoms with Crippen LogP contribution in [0.4, 0.5) is 5.95 Å². The van der Waals surface area contributed by atoms with Crippen LogP contribution in [0.15, 0.2) is 24.3 Å². The Morgan fingerprint density at radius 2 is 2.00 bits per heavy atom. The number of para-hydroxylation sites is 1. The van der Waals surface area contributed by atoms with Crippen LogP contribution >= 0.6 is 0 Å². The Bertz CT molecular complexity index is 924. The van der Waals surface area contributed by atoms with E-state index in [0.29, 0.717) is 11.5 Å². The maximum absolute atomic E-state index is 4.85. The van der Waals surface area contributed by atoms with Crippen LogP contribution < -0.4 is 10.6 Å². The SMILES string of the molecule is Cc1nc2c3ccccc3nc(NC3CCC4(CCNCC4)C3)n2n1. The zero-order valence-electron chi connectivity index (χ0n) is 14.6.